The van der Waals surface area contributed by atoms with Crippen LogP contribution < -0.4 is 10.6 Å². The molecule has 0 fully saturated rings. The van der Waals surface area contributed by atoms with Gasteiger partial charge in [0.05, 0.1) is 13.7 Å². The number of guanidine groups is 1. The van der Waals surface area contributed by atoms with Crippen molar-refractivity contribution in [3.8, 4) is 0 Å². The molecule has 0 saturated carbocycles. The number of aliphatic imine (C=N–C) groups is 1. The molecule has 0 aliphatic rings. The van der Waals surface area contributed by atoms with Crippen LogP contribution in [-0.2, 0) is 16.9 Å². The van der Waals surface area contributed by atoms with Crippen molar-refractivity contribution in [2.75, 3.05) is 20.2 Å². The van der Waals surface area contributed by atoms with Gasteiger partial charge in [0.1, 0.15) is 29.2 Å². The molecular weight excluding hydrogens is 354 g/mol. The number of carbonyl (C=O) groups excluding carboxylic acids is 1. The number of nitrogens with zero attached hydrogens (tertiary/aromatic N) is 1. The molecule has 1 unspecified atom stereocenters. The second kappa shape index (κ2) is 8.86. The highest BCUT2D eigenvalue weighted by Crippen LogP contribution is 2.22. The topological polar surface area (TPSA) is 96.1 Å². The van der Waals surface area contributed by atoms with E-state index in [1.54, 1.807) is 31.3 Å². The van der Waals surface area contributed by atoms with Gasteiger partial charge in [0.25, 0.3) is 0 Å². The summed E-state index contributed by atoms with van der Waals surface area (Å²) in [7, 11) is 1.33. The van der Waals surface area contributed by atoms with Crippen LogP contribution in [0.1, 0.15) is 41.3 Å². The molecule has 3 N–H and O–H groups in total. The van der Waals surface area contributed by atoms with Crippen molar-refractivity contribution in [2.45, 2.75) is 32.9 Å². The molecule has 0 amide bonds. The molecule has 8 heteroatoms. The molecule has 0 aliphatic heterocycles. The summed E-state index contributed by atoms with van der Waals surface area (Å²) in [5.74, 6) is 1.18. The number of hydrogen-bond acceptors (Lipinski definition) is 6. The lowest BCUT2D eigenvalue weighted by molar-refractivity contribution is 0.0597. The SMILES string of the molecule is CCNC(=NCc1cc(C(=O)OC)c(C)o1)NCC(C)(O)c1ccsc1. The molecule has 2 aromatic rings. The average molecular weight is 379 g/mol. The van der Waals surface area contributed by atoms with Crippen LogP contribution in [0.4, 0.5) is 0 Å². The van der Waals surface area contributed by atoms with Crippen LogP contribution in [0.2, 0.25) is 0 Å². The zero-order valence-electron chi connectivity index (χ0n) is 15.5. The molecule has 7 nitrogen and oxygen atoms in total. The first kappa shape index (κ1) is 20.0. The van der Waals surface area contributed by atoms with Gasteiger partial charge in [0.2, 0.25) is 0 Å². The van der Waals surface area contributed by atoms with Gasteiger partial charge in [-0.25, -0.2) is 9.79 Å². The Morgan fingerprint density at radius 3 is 2.85 bits per heavy atom. The van der Waals surface area contributed by atoms with Gasteiger partial charge >= 0.3 is 5.97 Å². The van der Waals surface area contributed by atoms with Crippen molar-refractivity contribution >= 4 is 23.3 Å². The lowest BCUT2D eigenvalue weighted by Gasteiger charge is -2.24. The number of nitrogens with one attached hydrogen (secondary N) is 2. The Kier molecular flexibility index (Phi) is 6.82. The quantitative estimate of drug-likeness (QED) is 0.388. The first-order chi connectivity index (χ1) is 12.4. The molecule has 0 spiro atoms. The molecule has 0 radical (unpaired) electrons. The van der Waals surface area contributed by atoms with Gasteiger partial charge in [-0.15, -0.1) is 0 Å². The first-order valence-electron chi connectivity index (χ1n) is 8.32. The predicted octanol–water partition coefficient (Wildman–Crippen LogP) is 2.40. The third-order valence-electron chi connectivity index (χ3n) is 3.85. The molecule has 2 rings (SSSR count). The van der Waals surface area contributed by atoms with Crippen molar-refractivity contribution in [2.24, 2.45) is 4.99 Å². The Labute approximate surface area is 157 Å². The Balaban J connectivity index is 2.04. The van der Waals surface area contributed by atoms with Gasteiger partial charge in [0, 0.05) is 6.54 Å². The molecule has 0 bridgehead atoms. The van der Waals surface area contributed by atoms with Crippen molar-refractivity contribution in [3.63, 3.8) is 0 Å². The van der Waals surface area contributed by atoms with E-state index in [4.69, 9.17) is 9.15 Å². The number of rotatable bonds is 7. The maximum atomic E-state index is 11.6. The van der Waals surface area contributed by atoms with Gasteiger partial charge in [-0.2, -0.15) is 11.3 Å². The fourth-order valence-corrected chi connectivity index (χ4v) is 3.14. The lowest BCUT2D eigenvalue weighted by atomic mass is 9.99. The third kappa shape index (κ3) is 5.09. The van der Waals surface area contributed by atoms with E-state index in [1.165, 1.54) is 7.11 Å². The highest BCUT2D eigenvalue weighted by Gasteiger charge is 2.23. The minimum absolute atomic E-state index is 0.258. The monoisotopic (exact) mass is 379 g/mol. The number of carbonyl (C=O) groups is 1. The van der Waals surface area contributed by atoms with Gasteiger partial charge < -0.3 is 24.9 Å². The van der Waals surface area contributed by atoms with E-state index in [1.807, 2.05) is 23.8 Å². The normalized spacial score (nSPS) is 14.0. The summed E-state index contributed by atoms with van der Waals surface area (Å²) >= 11 is 1.54. The summed E-state index contributed by atoms with van der Waals surface area (Å²) in [6.45, 7) is 6.66. The van der Waals surface area contributed by atoms with E-state index in [2.05, 4.69) is 15.6 Å². The summed E-state index contributed by atoms with van der Waals surface area (Å²) in [4.78, 5) is 16.1. The summed E-state index contributed by atoms with van der Waals surface area (Å²) < 4.78 is 10.3. The average Bonchev–Trinajstić information content (AvgIpc) is 3.27. The molecule has 0 aromatic carbocycles. The molecule has 142 valence electrons. The van der Waals surface area contributed by atoms with E-state index in [0.29, 0.717) is 36.1 Å². The molecule has 2 heterocycles. The van der Waals surface area contributed by atoms with Crippen LogP contribution in [0.3, 0.4) is 0 Å². The second-order valence-electron chi connectivity index (χ2n) is 6.01. The third-order valence-corrected chi connectivity index (χ3v) is 4.54. The van der Waals surface area contributed by atoms with E-state index in [0.717, 1.165) is 5.56 Å². The van der Waals surface area contributed by atoms with Crippen molar-refractivity contribution in [1.82, 2.24) is 10.6 Å². The van der Waals surface area contributed by atoms with Crippen LogP contribution in [0.15, 0.2) is 32.3 Å². The largest absolute Gasteiger partial charge is 0.465 e. The molecular formula is C18H25N3O4S. The van der Waals surface area contributed by atoms with Crippen molar-refractivity contribution in [3.05, 3.63) is 45.5 Å². The van der Waals surface area contributed by atoms with E-state index in [-0.39, 0.29) is 6.54 Å². The van der Waals surface area contributed by atoms with E-state index < -0.39 is 11.6 Å². The fourth-order valence-electron chi connectivity index (χ4n) is 2.36. The van der Waals surface area contributed by atoms with Gasteiger partial charge in [0.15, 0.2) is 5.96 Å². The fraction of sp³-hybridized carbons (Fsp3) is 0.444. The Bertz CT molecular complexity index is 751. The molecule has 0 saturated heterocycles. The Morgan fingerprint density at radius 2 is 2.23 bits per heavy atom. The van der Waals surface area contributed by atoms with Gasteiger partial charge in [-0.05, 0) is 49.2 Å². The number of aliphatic hydroxyl groups is 1. The summed E-state index contributed by atoms with van der Waals surface area (Å²) in [6, 6.07) is 3.53. The summed E-state index contributed by atoms with van der Waals surface area (Å²) in [5.41, 5.74) is 0.251. The highest BCUT2D eigenvalue weighted by molar-refractivity contribution is 7.08. The lowest BCUT2D eigenvalue weighted by Crippen LogP contribution is -2.44. The van der Waals surface area contributed by atoms with Crippen LogP contribution in [0.5, 0.6) is 0 Å². The summed E-state index contributed by atoms with van der Waals surface area (Å²) in [6.07, 6.45) is 0. The highest BCUT2D eigenvalue weighted by atomic mass is 32.1. The minimum Gasteiger partial charge on any atom is -0.465 e. The van der Waals surface area contributed by atoms with E-state index >= 15 is 0 Å². The van der Waals surface area contributed by atoms with Gasteiger partial charge in [-0.1, -0.05) is 0 Å². The van der Waals surface area contributed by atoms with Crippen LogP contribution in [0.25, 0.3) is 0 Å². The molecule has 2 aromatic heterocycles. The smallest absolute Gasteiger partial charge is 0.341 e. The number of hydrogen-bond donors (Lipinski definition) is 3. The summed E-state index contributed by atoms with van der Waals surface area (Å²) in [5, 5.41) is 20.7. The Hall–Kier alpha value is -2.32. The second-order valence-corrected chi connectivity index (χ2v) is 6.79. The number of esters is 1. The standard InChI is InChI=1S/C18H25N3O4S/c1-5-19-17(21-11-18(3,23)13-6-7-26-10-13)20-9-14-8-15(12(2)25-14)16(22)24-4/h6-8,10,23H,5,9,11H2,1-4H3,(H2,19,20,21). The van der Waals surface area contributed by atoms with Crippen molar-refractivity contribution < 1.29 is 19.1 Å². The first-order valence-corrected chi connectivity index (χ1v) is 9.26. The van der Waals surface area contributed by atoms with Gasteiger partial charge in [-0.3, -0.25) is 0 Å². The maximum Gasteiger partial charge on any atom is 0.341 e. The zero-order chi connectivity index (χ0) is 19.2. The minimum atomic E-state index is -1.00. The molecule has 1 atom stereocenters. The van der Waals surface area contributed by atoms with Crippen LogP contribution in [-0.4, -0.2) is 37.2 Å². The van der Waals surface area contributed by atoms with Crippen molar-refractivity contribution in [1.29, 1.82) is 0 Å². The number of thiophene rings is 1. The van der Waals surface area contributed by atoms with E-state index in [9.17, 15) is 9.90 Å². The molecule has 0 aliphatic carbocycles. The molecule has 26 heavy (non-hydrogen) atoms. The number of aryl methyl sites for hydroxylation is 1. The van der Waals surface area contributed by atoms with Crippen LogP contribution >= 0.6 is 11.3 Å². The van der Waals surface area contributed by atoms with Crippen LogP contribution in [0, 0.1) is 6.92 Å². The number of ether oxygens (including phenoxy) is 1. The number of methoxy groups -OCH3 is 1. The zero-order valence-corrected chi connectivity index (χ0v) is 16.3. The Morgan fingerprint density at radius 1 is 1.46 bits per heavy atom. The maximum absolute atomic E-state index is 11.6. The number of furan rings is 1. The predicted molar refractivity (Wildman–Crippen MR) is 101 cm³/mol.